The van der Waals surface area contributed by atoms with Gasteiger partial charge < -0.3 is 10.5 Å². The average molecular weight is 293 g/mol. The van der Waals surface area contributed by atoms with Crippen LogP contribution >= 0.6 is 0 Å². The van der Waals surface area contributed by atoms with E-state index in [4.69, 9.17) is 10.5 Å². The van der Waals surface area contributed by atoms with Crippen LogP contribution in [0, 0.1) is 0 Å². The van der Waals surface area contributed by atoms with Crippen LogP contribution in [-0.2, 0) is 10.0 Å². The number of benzene rings is 1. The maximum absolute atomic E-state index is 12.2. The molecule has 0 radical (unpaired) electrons. The van der Waals surface area contributed by atoms with Gasteiger partial charge in [0.2, 0.25) is 0 Å². The highest BCUT2D eigenvalue weighted by Gasteiger charge is 2.16. The second kappa shape index (κ2) is 6.36. The molecule has 0 aliphatic heterocycles. The van der Waals surface area contributed by atoms with Crippen molar-refractivity contribution in [1.82, 2.24) is 4.98 Å². The highest BCUT2D eigenvalue weighted by atomic mass is 32.2. The summed E-state index contributed by atoms with van der Waals surface area (Å²) in [5.74, 6) is 0.436. The molecule has 0 aliphatic rings. The fraction of sp³-hybridized carbons (Fsp3) is 0.154. The zero-order valence-corrected chi connectivity index (χ0v) is 11.5. The van der Waals surface area contributed by atoms with Crippen LogP contribution in [0.25, 0.3) is 0 Å². The molecule has 0 atom stereocenters. The number of sulfonamides is 1. The summed E-state index contributed by atoms with van der Waals surface area (Å²) in [6.45, 7) is 0.662. The van der Waals surface area contributed by atoms with E-state index in [0.717, 1.165) is 0 Å². The Kier molecular flexibility index (Phi) is 4.54. The van der Waals surface area contributed by atoms with Crippen molar-refractivity contribution in [3.8, 4) is 5.75 Å². The number of anilines is 1. The van der Waals surface area contributed by atoms with Crippen molar-refractivity contribution >= 4 is 15.7 Å². The number of hydrogen-bond donors (Lipinski definition) is 2. The first kappa shape index (κ1) is 14.3. The quantitative estimate of drug-likeness (QED) is 0.835. The lowest BCUT2D eigenvalue weighted by molar-refractivity contribution is 0.330. The van der Waals surface area contributed by atoms with E-state index < -0.39 is 10.0 Å². The van der Waals surface area contributed by atoms with E-state index in [0.29, 0.717) is 24.6 Å². The molecule has 0 unspecified atom stereocenters. The predicted octanol–water partition coefficient (Wildman–Crippen LogP) is 1.22. The normalized spacial score (nSPS) is 11.1. The molecular weight excluding hydrogens is 278 g/mol. The molecule has 106 valence electrons. The molecule has 0 bridgehead atoms. The summed E-state index contributed by atoms with van der Waals surface area (Å²) < 4.78 is 32.3. The van der Waals surface area contributed by atoms with Crippen LogP contribution < -0.4 is 15.2 Å². The van der Waals surface area contributed by atoms with Gasteiger partial charge in [0, 0.05) is 18.9 Å². The topological polar surface area (TPSA) is 94.3 Å². The molecule has 0 amide bonds. The summed E-state index contributed by atoms with van der Waals surface area (Å²) in [5.41, 5.74) is 5.74. The predicted molar refractivity (Wildman–Crippen MR) is 76.0 cm³/mol. The molecule has 0 saturated carbocycles. The van der Waals surface area contributed by atoms with Crippen molar-refractivity contribution in [1.29, 1.82) is 0 Å². The molecule has 7 heteroatoms. The van der Waals surface area contributed by atoms with Gasteiger partial charge in [0.1, 0.15) is 17.3 Å². The smallest absolute Gasteiger partial charge is 0.263 e. The number of nitrogens with zero attached hydrogens (tertiary/aromatic N) is 1. The fourth-order valence-electron chi connectivity index (χ4n) is 1.56. The number of hydrogen-bond acceptors (Lipinski definition) is 5. The number of nitrogens with two attached hydrogens (primary N) is 1. The summed E-state index contributed by atoms with van der Waals surface area (Å²) >= 11 is 0. The van der Waals surface area contributed by atoms with E-state index in [-0.39, 0.29) is 4.90 Å². The molecule has 6 nitrogen and oxygen atoms in total. The maximum Gasteiger partial charge on any atom is 0.263 e. The van der Waals surface area contributed by atoms with Gasteiger partial charge in [-0.3, -0.25) is 9.71 Å². The van der Waals surface area contributed by atoms with Crippen molar-refractivity contribution < 1.29 is 13.2 Å². The van der Waals surface area contributed by atoms with Gasteiger partial charge in [-0.2, -0.15) is 0 Å². The first-order chi connectivity index (χ1) is 9.63. The van der Waals surface area contributed by atoms with Crippen LogP contribution in [0.5, 0.6) is 5.75 Å². The van der Waals surface area contributed by atoms with Gasteiger partial charge in [0.05, 0.1) is 5.69 Å². The molecule has 0 saturated heterocycles. The van der Waals surface area contributed by atoms with Gasteiger partial charge in [-0.15, -0.1) is 0 Å². The molecule has 0 fully saturated rings. The van der Waals surface area contributed by atoms with Crippen LogP contribution in [0.1, 0.15) is 0 Å². The monoisotopic (exact) mass is 293 g/mol. The SMILES string of the molecule is NCCOc1ccccc1NS(=O)(=O)c1cccnc1. The molecule has 0 aliphatic carbocycles. The molecule has 2 rings (SSSR count). The minimum atomic E-state index is -3.68. The van der Waals surface area contributed by atoms with Crippen LogP contribution in [0.3, 0.4) is 0 Å². The fourth-order valence-corrected chi connectivity index (χ4v) is 2.59. The van der Waals surface area contributed by atoms with Crippen molar-refractivity contribution in [3.63, 3.8) is 0 Å². The molecule has 20 heavy (non-hydrogen) atoms. The Balaban J connectivity index is 2.26. The summed E-state index contributed by atoms with van der Waals surface area (Å²) in [7, 11) is -3.68. The third kappa shape index (κ3) is 3.46. The van der Waals surface area contributed by atoms with Crippen molar-refractivity contribution in [2.75, 3.05) is 17.9 Å². The molecule has 1 aromatic carbocycles. The lowest BCUT2D eigenvalue weighted by Gasteiger charge is -2.12. The van der Waals surface area contributed by atoms with Crippen molar-refractivity contribution in [3.05, 3.63) is 48.8 Å². The van der Waals surface area contributed by atoms with Gasteiger partial charge in [-0.25, -0.2) is 8.42 Å². The zero-order chi connectivity index (χ0) is 14.4. The molecular formula is C13H15N3O3S. The summed E-state index contributed by atoms with van der Waals surface area (Å²) in [6, 6.07) is 9.81. The molecule has 2 aromatic rings. The number of ether oxygens (including phenoxy) is 1. The van der Waals surface area contributed by atoms with Crippen molar-refractivity contribution in [2.24, 2.45) is 5.73 Å². The van der Waals surface area contributed by atoms with Gasteiger partial charge in [-0.1, -0.05) is 12.1 Å². The van der Waals surface area contributed by atoms with E-state index in [9.17, 15) is 8.42 Å². The van der Waals surface area contributed by atoms with Crippen LogP contribution in [0.4, 0.5) is 5.69 Å². The van der Waals surface area contributed by atoms with Crippen molar-refractivity contribution in [2.45, 2.75) is 4.90 Å². The summed E-state index contributed by atoms with van der Waals surface area (Å²) in [6.07, 6.45) is 2.79. The van der Waals surface area contributed by atoms with E-state index >= 15 is 0 Å². The van der Waals surface area contributed by atoms with Gasteiger partial charge in [-0.05, 0) is 24.3 Å². The van der Waals surface area contributed by atoms with Gasteiger partial charge in [0.15, 0.2) is 0 Å². The molecule has 1 aromatic heterocycles. The van der Waals surface area contributed by atoms with E-state index in [1.54, 1.807) is 30.3 Å². The molecule has 3 N–H and O–H groups in total. The third-order valence-corrected chi connectivity index (χ3v) is 3.80. The first-order valence-electron chi connectivity index (χ1n) is 5.98. The number of para-hydroxylation sites is 2. The number of aromatic nitrogens is 1. The first-order valence-corrected chi connectivity index (χ1v) is 7.46. The second-order valence-corrected chi connectivity index (χ2v) is 5.61. The molecule has 0 spiro atoms. The van der Waals surface area contributed by atoms with E-state index in [2.05, 4.69) is 9.71 Å². The highest BCUT2D eigenvalue weighted by Crippen LogP contribution is 2.26. The number of nitrogens with one attached hydrogen (secondary N) is 1. The third-order valence-electron chi connectivity index (χ3n) is 2.45. The minimum Gasteiger partial charge on any atom is -0.490 e. The van der Waals surface area contributed by atoms with Gasteiger partial charge in [0.25, 0.3) is 10.0 Å². The number of rotatable bonds is 6. The Bertz CT molecular complexity index is 660. The summed E-state index contributed by atoms with van der Waals surface area (Å²) in [5, 5.41) is 0. The highest BCUT2D eigenvalue weighted by molar-refractivity contribution is 7.92. The summed E-state index contributed by atoms with van der Waals surface area (Å²) in [4.78, 5) is 3.89. The van der Waals surface area contributed by atoms with Gasteiger partial charge >= 0.3 is 0 Å². The van der Waals surface area contributed by atoms with E-state index in [1.807, 2.05) is 0 Å². The van der Waals surface area contributed by atoms with Crippen LogP contribution in [0.2, 0.25) is 0 Å². The lowest BCUT2D eigenvalue weighted by atomic mass is 10.3. The van der Waals surface area contributed by atoms with Crippen LogP contribution in [-0.4, -0.2) is 26.6 Å². The lowest BCUT2D eigenvalue weighted by Crippen LogP contribution is -2.15. The van der Waals surface area contributed by atoms with E-state index in [1.165, 1.54) is 18.5 Å². The Morgan fingerprint density at radius 3 is 2.70 bits per heavy atom. The standard InChI is InChI=1S/C13H15N3O3S/c14-7-9-19-13-6-2-1-5-12(13)16-20(17,18)11-4-3-8-15-10-11/h1-6,8,10,16H,7,9,14H2. The Morgan fingerprint density at radius 1 is 1.20 bits per heavy atom. The van der Waals surface area contributed by atoms with Crippen LogP contribution in [0.15, 0.2) is 53.7 Å². The second-order valence-electron chi connectivity index (χ2n) is 3.93. The largest absolute Gasteiger partial charge is 0.490 e. The average Bonchev–Trinajstić information content (AvgIpc) is 2.47. The molecule has 1 heterocycles. The number of pyridine rings is 1. The maximum atomic E-state index is 12.2. The minimum absolute atomic E-state index is 0.0913. The Labute approximate surface area is 117 Å². The Morgan fingerprint density at radius 2 is 2.00 bits per heavy atom. The zero-order valence-electron chi connectivity index (χ0n) is 10.7. The Hall–Kier alpha value is -2.12.